The molecule has 0 bridgehead atoms. The van der Waals surface area contributed by atoms with Gasteiger partial charge in [0.25, 0.3) is 5.56 Å². The summed E-state index contributed by atoms with van der Waals surface area (Å²) in [6.07, 6.45) is 1.85. The van der Waals surface area contributed by atoms with Gasteiger partial charge in [0.2, 0.25) is 0 Å². The van der Waals surface area contributed by atoms with E-state index in [9.17, 15) is 9.59 Å². The summed E-state index contributed by atoms with van der Waals surface area (Å²) >= 11 is 1.27. The summed E-state index contributed by atoms with van der Waals surface area (Å²) in [7, 11) is 7.04. The minimum atomic E-state index is -0.871. The normalized spacial score (nSPS) is 14.8. The maximum atomic E-state index is 14.1. The van der Waals surface area contributed by atoms with Gasteiger partial charge in [-0.1, -0.05) is 65.9 Å². The maximum Gasteiger partial charge on any atom is 0.338 e. The van der Waals surface area contributed by atoms with E-state index in [1.807, 2.05) is 91.8 Å². The fraction of sp³-hybridized carbons (Fsp3) is 0.219. The van der Waals surface area contributed by atoms with Crippen molar-refractivity contribution in [3.05, 3.63) is 115 Å². The summed E-state index contributed by atoms with van der Waals surface area (Å²) in [5, 5.41) is 0. The monoisotopic (exact) mass is 569 g/mol. The molecular formula is C32H31N3O5S. The molecule has 2 heterocycles. The number of carbonyl (C=O) groups is 1. The van der Waals surface area contributed by atoms with Gasteiger partial charge in [0.05, 0.1) is 36.6 Å². The number of methoxy groups -OCH3 is 2. The predicted octanol–water partition coefficient (Wildman–Crippen LogP) is 4.02. The van der Waals surface area contributed by atoms with Gasteiger partial charge in [-0.15, -0.1) is 0 Å². The molecule has 0 unspecified atom stereocenters. The van der Waals surface area contributed by atoms with Crippen molar-refractivity contribution >= 4 is 34.8 Å². The molecule has 41 heavy (non-hydrogen) atoms. The number of hydrogen-bond donors (Lipinski definition) is 0. The molecule has 1 aromatic heterocycles. The molecule has 1 aliphatic rings. The molecule has 0 saturated heterocycles. The molecule has 0 saturated carbocycles. The number of anilines is 1. The van der Waals surface area contributed by atoms with Gasteiger partial charge in [0.1, 0.15) is 6.04 Å². The lowest BCUT2D eigenvalue weighted by Crippen LogP contribution is -2.40. The highest BCUT2D eigenvalue weighted by Crippen LogP contribution is 2.42. The first-order valence-electron chi connectivity index (χ1n) is 13.1. The minimum Gasteiger partial charge on any atom is -0.493 e. The van der Waals surface area contributed by atoms with Crippen LogP contribution in [0.15, 0.2) is 88.2 Å². The Morgan fingerprint density at radius 2 is 1.73 bits per heavy atom. The van der Waals surface area contributed by atoms with Crippen molar-refractivity contribution in [2.24, 2.45) is 4.99 Å². The Hall–Kier alpha value is -4.63. The zero-order valence-corrected chi connectivity index (χ0v) is 24.4. The third-order valence-corrected chi connectivity index (χ3v) is 7.79. The largest absolute Gasteiger partial charge is 0.493 e. The highest BCUT2D eigenvalue weighted by atomic mass is 32.1. The third kappa shape index (κ3) is 5.28. The van der Waals surface area contributed by atoms with E-state index in [-0.39, 0.29) is 17.7 Å². The molecule has 0 aliphatic carbocycles. The van der Waals surface area contributed by atoms with Crippen LogP contribution in [0.1, 0.15) is 29.7 Å². The van der Waals surface area contributed by atoms with E-state index in [1.54, 1.807) is 24.7 Å². The molecule has 0 spiro atoms. The van der Waals surface area contributed by atoms with Crippen molar-refractivity contribution in [3.8, 4) is 11.5 Å². The lowest BCUT2D eigenvalue weighted by Gasteiger charge is -2.27. The summed E-state index contributed by atoms with van der Waals surface area (Å²) in [6, 6.07) is 21.9. The van der Waals surface area contributed by atoms with E-state index >= 15 is 0 Å². The zero-order chi connectivity index (χ0) is 29.1. The number of fused-ring (bicyclic) bond motifs is 1. The topological polar surface area (TPSA) is 82.4 Å². The van der Waals surface area contributed by atoms with Crippen molar-refractivity contribution in [3.63, 3.8) is 0 Å². The van der Waals surface area contributed by atoms with E-state index in [1.165, 1.54) is 18.4 Å². The summed E-state index contributed by atoms with van der Waals surface area (Å²) in [4.78, 5) is 35.2. The molecule has 0 fully saturated rings. The van der Waals surface area contributed by atoms with Gasteiger partial charge < -0.3 is 19.1 Å². The lowest BCUT2D eigenvalue weighted by atomic mass is 9.92. The summed E-state index contributed by atoms with van der Waals surface area (Å²) in [5.41, 5.74) is 3.68. The summed E-state index contributed by atoms with van der Waals surface area (Å²) in [5.74, 6) is 0.345. The van der Waals surface area contributed by atoms with Crippen molar-refractivity contribution < 1.29 is 19.0 Å². The number of rotatable bonds is 8. The number of nitrogens with zero attached hydrogens (tertiary/aromatic N) is 3. The van der Waals surface area contributed by atoms with Gasteiger partial charge in [-0.2, -0.15) is 0 Å². The fourth-order valence-electron chi connectivity index (χ4n) is 4.88. The SMILES string of the molecule is CCOC(=O)C1=C(c2ccccc2)N=c2s/c(=C\c3ccc(N(C)C)cc3)c(=O)n2[C@H]1c1cccc(OC)c1OC. The van der Waals surface area contributed by atoms with Crippen LogP contribution in [0.3, 0.4) is 0 Å². The zero-order valence-electron chi connectivity index (χ0n) is 23.6. The maximum absolute atomic E-state index is 14.1. The average molecular weight is 570 g/mol. The molecule has 1 atom stereocenters. The fourth-order valence-corrected chi connectivity index (χ4v) is 5.88. The van der Waals surface area contributed by atoms with Crippen LogP contribution in [0.25, 0.3) is 11.8 Å². The molecule has 0 amide bonds. The van der Waals surface area contributed by atoms with E-state index in [0.717, 1.165) is 16.8 Å². The Bertz CT molecular complexity index is 1790. The second-order valence-corrected chi connectivity index (χ2v) is 10.5. The highest BCUT2D eigenvalue weighted by Gasteiger charge is 2.37. The van der Waals surface area contributed by atoms with Crippen molar-refractivity contribution in [2.75, 3.05) is 39.8 Å². The number of carbonyl (C=O) groups excluding carboxylic acids is 1. The average Bonchev–Trinajstić information content (AvgIpc) is 3.30. The molecule has 8 nitrogen and oxygen atoms in total. The molecular weight excluding hydrogens is 538 g/mol. The number of aromatic nitrogens is 1. The van der Waals surface area contributed by atoms with E-state index < -0.39 is 12.0 Å². The number of hydrogen-bond acceptors (Lipinski definition) is 8. The smallest absolute Gasteiger partial charge is 0.338 e. The van der Waals surface area contributed by atoms with Gasteiger partial charge in [-0.3, -0.25) is 9.36 Å². The molecule has 9 heteroatoms. The molecule has 3 aromatic carbocycles. The van der Waals surface area contributed by atoms with Crippen LogP contribution in [0.4, 0.5) is 5.69 Å². The summed E-state index contributed by atoms with van der Waals surface area (Å²) < 4.78 is 19.0. The number of thiazole rings is 1. The number of ether oxygens (including phenoxy) is 3. The van der Waals surface area contributed by atoms with Crippen molar-refractivity contribution in [1.29, 1.82) is 0 Å². The van der Waals surface area contributed by atoms with Gasteiger partial charge in [-0.05, 0) is 36.8 Å². The van der Waals surface area contributed by atoms with Crippen LogP contribution in [-0.2, 0) is 9.53 Å². The molecule has 4 aromatic rings. The van der Waals surface area contributed by atoms with Crippen LogP contribution in [-0.4, -0.2) is 45.5 Å². The van der Waals surface area contributed by atoms with Gasteiger partial charge in [-0.25, -0.2) is 9.79 Å². The standard InChI is InChI=1S/C32H31N3O5S/c1-6-40-31(37)26-27(21-11-8-7-9-12-21)33-32-35(28(26)23-13-10-14-24(38-4)29(23)39-5)30(36)25(41-32)19-20-15-17-22(18-16-20)34(2)3/h7-19,28H,6H2,1-5H3/b25-19-/t28-/m0/s1. The predicted molar refractivity (Wildman–Crippen MR) is 161 cm³/mol. The Labute approximate surface area is 242 Å². The van der Waals surface area contributed by atoms with Gasteiger partial charge in [0.15, 0.2) is 16.3 Å². The molecule has 0 N–H and O–H groups in total. The first-order chi connectivity index (χ1) is 19.9. The number of benzene rings is 3. The van der Waals surface area contributed by atoms with Gasteiger partial charge >= 0.3 is 5.97 Å². The van der Waals surface area contributed by atoms with E-state index in [2.05, 4.69) is 0 Å². The minimum absolute atomic E-state index is 0.166. The second kappa shape index (κ2) is 11.9. The van der Waals surface area contributed by atoms with Crippen molar-refractivity contribution in [2.45, 2.75) is 13.0 Å². The first kappa shape index (κ1) is 27.9. The van der Waals surface area contributed by atoms with E-state index in [0.29, 0.717) is 32.1 Å². The summed E-state index contributed by atoms with van der Waals surface area (Å²) in [6.45, 7) is 1.91. The lowest BCUT2D eigenvalue weighted by molar-refractivity contribution is -0.138. The Morgan fingerprint density at radius 1 is 1.00 bits per heavy atom. The number of para-hydroxylation sites is 1. The van der Waals surface area contributed by atoms with Crippen LogP contribution >= 0.6 is 11.3 Å². The second-order valence-electron chi connectivity index (χ2n) is 9.50. The highest BCUT2D eigenvalue weighted by molar-refractivity contribution is 7.07. The quantitative estimate of drug-likeness (QED) is 0.298. The molecule has 210 valence electrons. The van der Waals surface area contributed by atoms with Crippen molar-refractivity contribution in [1.82, 2.24) is 4.57 Å². The van der Waals surface area contributed by atoms with Gasteiger partial charge in [0, 0.05) is 30.9 Å². The Morgan fingerprint density at radius 3 is 2.37 bits per heavy atom. The Balaban J connectivity index is 1.84. The van der Waals surface area contributed by atoms with Crippen LogP contribution in [0, 0.1) is 0 Å². The van der Waals surface area contributed by atoms with Crippen LogP contribution in [0.5, 0.6) is 11.5 Å². The molecule has 1 aliphatic heterocycles. The first-order valence-corrected chi connectivity index (χ1v) is 14.0. The number of esters is 1. The third-order valence-electron chi connectivity index (χ3n) is 6.81. The van der Waals surface area contributed by atoms with E-state index in [4.69, 9.17) is 19.2 Å². The Kier molecular flexibility index (Phi) is 8.07. The molecule has 5 rings (SSSR count). The molecule has 0 radical (unpaired) electrons. The van der Waals surface area contributed by atoms with Crippen LogP contribution < -0.4 is 29.3 Å². The van der Waals surface area contributed by atoms with Crippen LogP contribution in [0.2, 0.25) is 0 Å².